The van der Waals surface area contributed by atoms with Crippen LogP contribution >= 0.6 is 30.2 Å². The van der Waals surface area contributed by atoms with Crippen molar-refractivity contribution in [3.8, 4) is 11.5 Å². The van der Waals surface area contributed by atoms with Crippen molar-refractivity contribution in [2.24, 2.45) is 5.73 Å². The number of aliphatic hydroxyl groups excluding tert-OH is 2. The molecule has 0 saturated carbocycles. The maximum atomic E-state index is 12.7. The van der Waals surface area contributed by atoms with Crippen molar-refractivity contribution in [2.75, 3.05) is 4.93 Å². The summed E-state index contributed by atoms with van der Waals surface area (Å²) in [6.45, 7) is 5.85. The number of ether oxygens (including phenoxy) is 2. The second kappa shape index (κ2) is 27.3. The standard InChI is InChI=1S/C20H21NO6.C10H9ClO3.C10H13NO3.CH3I2/c1-12-15(9-6-10-17(12)27-13(2)22)19(24)21-16(18(23)20(25)26)11-14-7-4-3-5-8-14;1-6-8(10(11)13)4-3-5-9(6)14-7(2)12;11-8(9(12)10(13)14)6-7-4-2-1-3-5-7;1-3-2/h3-10,16,18,23H,11H2,1-2H3,(H,21,24)(H,25,26);3-5H,1-2H3;1-5,8-9,12H,6,11H2,(H,13,14);1H3/q;;;-1/t16?,18-;;8?,9-;/m0.0./s1. The Morgan fingerprint density at radius 3 is 1.48 bits per heavy atom. The van der Waals surface area contributed by atoms with Gasteiger partial charge in [-0.2, -0.15) is 0 Å². The Bertz CT molecular complexity index is 1970. The molecule has 0 spiro atoms. The molecular weight excluding hydrogens is 1000 g/mol. The van der Waals surface area contributed by atoms with Crippen molar-refractivity contribution >= 4 is 65.2 Å². The Balaban J connectivity index is 0.000000457. The molecule has 14 nitrogen and oxygen atoms in total. The summed E-state index contributed by atoms with van der Waals surface area (Å²) < 4.78 is 9.95. The van der Waals surface area contributed by atoms with Gasteiger partial charge in [0.25, 0.3) is 11.1 Å². The molecule has 17 heteroatoms. The van der Waals surface area contributed by atoms with E-state index in [2.05, 4.69) is 28.9 Å². The van der Waals surface area contributed by atoms with Crippen molar-refractivity contribution in [1.29, 1.82) is 0 Å². The fourth-order valence-electron chi connectivity index (χ4n) is 4.93. The number of carbonyl (C=O) groups is 6. The van der Waals surface area contributed by atoms with Gasteiger partial charge in [-0.15, -0.1) is 0 Å². The van der Waals surface area contributed by atoms with E-state index in [1.807, 2.05) is 36.4 Å². The molecule has 4 aromatic rings. The van der Waals surface area contributed by atoms with Gasteiger partial charge in [0, 0.05) is 42.1 Å². The smallest absolute Gasteiger partial charge is 0.334 e. The van der Waals surface area contributed by atoms with Crippen LogP contribution in [0.1, 0.15) is 56.8 Å². The third kappa shape index (κ3) is 18.9. The molecule has 0 bridgehead atoms. The molecule has 0 aromatic heterocycles. The van der Waals surface area contributed by atoms with E-state index in [4.69, 9.17) is 42.1 Å². The van der Waals surface area contributed by atoms with Crippen molar-refractivity contribution in [1.82, 2.24) is 5.32 Å². The van der Waals surface area contributed by atoms with Crippen LogP contribution in [0.4, 0.5) is 0 Å². The number of rotatable bonds is 13. The van der Waals surface area contributed by atoms with Crippen LogP contribution in [-0.4, -0.2) is 84.7 Å². The van der Waals surface area contributed by atoms with Gasteiger partial charge in [-0.3, -0.25) is 19.2 Å². The van der Waals surface area contributed by atoms with Crippen LogP contribution in [0.2, 0.25) is 0 Å². The van der Waals surface area contributed by atoms with Gasteiger partial charge in [0.2, 0.25) is 0 Å². The second-order valence-electron chi connectivity index (χ2n) is 12.2. The number of alkyl halides is 1. The summed E-state index contributed by atoms with van der Waals surface area (Å²) >= 11 is 8.30. The number of aliphatic carboxylic acids is 2. The number of amides is 1. The summed E-state index contributed by atoms with van der Waals surface area (Å²) in [6, 6.07) is 25.8. The number of carbonyl (C=O) groups excluding carboxylic acids is 4. The van der Waals surface area contributed by atoms with E-state index in [-0.39, 0.29) is 17.7 Å². The summed E-state index contributed by atoms with van der Waals surface area (Å²) in [5.41, 5.74) is 8.80. The molecule has 4 atom stereocenters. The Kier molecular flexibility index (Phi) is 24.2. The minimum absolute atomic E-state index is 0.142. The third-order valence-corrected chi connectivity index (χ3v) is 7.96. The molecule has 0 aliphatic heterocycles. The van der Waals surface area contributed by atoms with Gasteiger partial charge < -0.3 is 41.0 Å². The Labute approximate surface area is 361 Å². The molecule has 4 rings (SSSR count). The topological polar surface area (TPSA) is 240 Å². The number of hydrogen-bond acceptors (Lipinski definition) is 11. The van der Waals surface area contributed by atoms with Crippen LogP contribution in [0, 0.1) is 13.8 Å². The molecule has 0 fully saturated rings. The van der Waals surface area contributed by atoms with E-state index in [9.17, 15) is 33.9 Å². The van der Waals surface area contributed by atoms with Crippen molar-refractivity contribution in [2.45, 2.75) is 64.8 Å². The molecule has 314 valence electrons. The summed E-state index contributed by atoms with van der Waals surface area (Å²) in [5.74, 6) is -3.61. The predicted molar refractivity (Wildman–Crippen MR) is 222 cm³/mol. The summed E-state index contributed by atoms with van der Waals surface area (Å²) in [5, 5.41) is 38.8. The zero-order valence-electron chi connectivity index (χ0n) is 32.2. The summed E-state index contributed by atoms with van der Waals surface area (Å²) in [4.78, 5) is 69.3. The first-order valence-electron chi connectivity index (χ1n) is 17.2. The molecule has 4 aromatic carbocycles. The number of nitrogens with two attached hydrogens (primary N) is 1. The van der Waals surface area contributed by atoms with E-state index in [1.165, 1.54) is 19.9 Å². The van der Waals surface area contributed by atoms with Crippen LogP contribution in [0.15, 0.2) is 97.1 Å². The fraction of sp³-hybridized carbons (Fsp3) is 0.268. The molecule has 2 unspecified atom stereocenters. The van der Waals surface area contributed by atoms with Crippen LogP contribution < -0.4 is 37.8 Å². The molecule has 0 aliphatic rings. The van der Waals surface area contributed by atoms with Crippen LogP contribution in [0.3, 0.4) is 0 Å². The van der Waals surface area contributed by atoms with Gasteiger partial charge >= 0.3 is 64.7 Å². The first kappa shape index (κ1) is 51.5. The molecule has 58 heavy (non-hydrogen) atoms. The monoisotopic (exact) mass is 1050 g/mol. The molecule has 0 radical (unpaired) electrons. The average molecular weight is 1050 g/mol. The van der Waals surface area contributed by atoms with E-state index >= 15 is 0 Å². The van der Waals surface area contributed by atoms with E-state index in [1.54, 1.807) is 68.4 Å². The van der Waals surface area contributed by atoms with Crippen molar-refractivity contribution < 1.29 is 75.9 Å². The van der Waals surface area contributed by atoms with E-state index < -0.39 is 59.3 Å². The van der Waals surface area contributed by atoms with Crippen LogP contribution in [0.25, 0.3) is 0 Å². The zero-order valence-corrected chi connectivity index (χ0v) is 37.3. The number of halogens is 3. The number of carboxylic acids is 2. The van der Waals surface area contributed by atoms with Gasteiger partial charge in [0.05, 0.1) is 6.04 Å². The number of benzene rings is 4. The largest absolute Gasteiger partial charge is 0.479 e. The second-order valence-corrected chi connectivity index (χ2v) is 18.8. The summed E-state index contributed by atoms with van der Waals surface area (Å²) in [6.07, 6.45) is -2.78. The van der Waals surface area contributed by atoms with Gasteiger partial charge in [-0.05, 0) is 73.7 Å². The van der Waals surface area contributed by atoms with Crippen LogP contribution in [-0.2, 0) is 32.0 Å². The normalized spacial score (nSPS) is 12.2. The van der Waals surface area contributed by atoms with Crippen molar-refractivity contribution in [3.05, 3.63) is 130 Å². The zero-order chi connectivity index (χ0) is 43.9. The molecule has 0 heterocycles. The number of carboxylic acid groups (broad SMARTS) is 2. The fourth-order valence-corrected chi connectivity index (χ4v) is 5.13. The minimum atomic E-state index is -1.77. The average Bonchev–Trinajstić information content (AvgIpc) is 3.16. The number of nitrogens with one attached hydrogen (secondary N) is 1. The van der Waals surface area contributed by atoms with Gasteiger partial charge in [-0.1, -0.05) is 72.8 Å². The summed E-state index contributed by atoms with van der Waals surface area (Å²) in [7, 11) is 0. The quantitative estimate of drug-likeness (QED) is 0.0370. The third-order valence-electron chi connectivity index (χ3n) is 7.75. The van der Waals surface area contributed by atoms with Crippen LogP contribution in [0.5, 0.6) is 11.5 Å². The molecule has 0 saturated heterocycles. The maximum absolute atomic E-state index is 12.7. The van der Waals surface area contributed by atoms with Gasteiger partial charge in [0.15, 0.2) is 12.2 Å². The molecule has 1 amide bonds. The van der Waals surface area contributed by atoms with E-state index in [0.29, 0.717) is 46.1 Å². The molecule has 0 aliphatic carbocycles. The SMILES string of the molecule is CC(=O)Oc1cccc(C(=O)Cl)c1C.CC(=O)Oc1cccc(C(=O)NC(Cc2ccccc2)[C@H](O)C(=O)O)c1C.C[I-]I.NC(Cc1ccccc1)[C@H](O)C(=O)O. The van der Waals surface area contributed by atoms with Gasteiger partial charge in [0.1, 0.15) is 11.5 Å². The number of aliphatic hydroxyl groups is 2. The van der Waals surface area contributed by atoms with E-state index in [0.717, 1.165) is 11.1 Å². The Morgan fingerprint density at radius 2 is 1.09 bits per heavy atom. The van der Waals surface area contributed by atoms with Gasteiger partial charge in [-0.25, -0.2) is 9.59 Å². The first-order chi connectivity index (χ1) is 27.3. The Hall–Kier alpha value is -4.47. The Morgan fingerprint density at radius 1 is 0.690 bits per heavy atom. The minimum Gasteiger partial charge on any atom is -0.479 e. The maximum Gasteiger partial charge on any atom is 0.334 e. The van der Waals surface area contributed by atoms with Crippen molar-refractivity contribution in [3.63, 3.8) is 0 Å². The number of esters is 2. The number of hydrogen-bond donors (Lipinski definition) is 6. The molecular formula is C41H46ClI2N2O12-. The molecule has 7 N–H and O–H groups in total. The first-order valence-corrected chi connectivity index (χ1v) is 26.0. The predicted octanol–water partition coefficient (Wildman–Crippen LogP) is 2.06.